The Bertz CT molecular complexity index is 1160. The van der Waals surface area contributed by atoms with E-state index in [-0.39, 0.29) is 18.4 Å². The van der Waals surface area contributed by atoms with E-state index in [1.54, 1.807) is 67.8 Å². The molecular weight excluding hydrogens is 434 g/mol. The van der Waals surface area contributed by atoms with Crippen LogP contribution >= 0.6 is 11.6 Å². The van der Waals surface area contributed by atoms with E-state index in [9.17, 15) is 14.4 Å². The van der Waals surface area contributed by atoms with Crippen molar-refractivity contribution in [2.45, 2.75) is 33.3 Å². The smallest absolute Gasteiger partial charge is 0.344 e. The van der Waals surface area contributed by atoms with Crippen LogP contribution < -0.4 is 4.74 Å². The van der Waals surface area contributed by atoms with E-state index >= 15 is 0 Å². The van der Waals surface area contributed by atoms with Crippen LogP contribution in [0.25, 0.3) is 10.9 Å². The molecule has 3 aromatic rings. The summed E-state index contributed by atoms with van der Waals surface area (Å²) in [5.74, 6) is -0.889. The molecule has 0 radical (unpaired) electrons. The fourth-order valence-electron chi connectivity index (χ4n) is 3.43. The minimum Gasteiger partial charge on any atom is -0.497 e. The average molecular weight is 458 g/mol. The van der Waals surface area contributed by atoms with Crippen molar-refractivity contribution in [2.75, 3.05) is 13.7 Å². The predicted octanol–water partition coefficient (Wildman–Crippen LogP) is 4.34. The number of carbonyl (C=O) groups is 3. The van der Waals surface area contributed by atoms with Crippen molar-refractivity contribution in [3.63, 3.8) is 0 Å². The number of hydrogen-bond acceptors (Lipinski definition) is 6. The molecule has 0 N–H and O–H groups in total. The van der Waals surface area contributed by atoms with Crippen molar-refractivity contribution >= 4 is 40.3 Å². The summed E-state index contributed by atoms with van der Waals surface area (Å²) in [5, 5.41) is 1.21. The highest BCUT2D eigenvalue weighted by atomic mass is 35.5. The van der Waals surface area contributed by atoms with Crippen molar-refractivity contribution < 1.29 is 28.6 Å². The van der Waals surface area contributed by atoms with Crippen LogP contribution in [0.4, 0.5) is 0 Å². The van der Waals surface area contributed by atoms with Crippen LogP contribution in [0.2, 0.25) is 5.02 Å². The van der Waals surface area contributed by atoms with Crippen LogP contribution in [0.5, 0.6) is 5.75 Å². The Morgan fingerprint density at radius 2 is 1.72 bits per heavy atom. The van der Waals surface area contributed by atoms with Gasteiger partial charge in [0, 0.05) is 21.7 Å². The van der Waals surface area contributed by atoms with Gasteiger partial charge in [0.1, 0.15) is 5.75 Å². The molecule has 8 heteroatoms. The zero-order chi connectivity index (χ0) is 23.4. The van der Waals surface area contributed by atoms with Crippen LogP contribution in [0, 0.1) is 6.92 Å². The highest BCUT2D eigenvalue weighted by molar-refractivity contribution is 6.30. The number of fused-ring (bicyclic) bond motifs is 1. The first-order valence-corrected chi connectivity index (χ1v) is 10.4. The van der Waals surface area contributed by atoms with Gasteiger partial charge in [0.2, 0.25) is 0 Å². The van der Waals surface area contributed by atoms with Gasteiger partial charge in [-0.05, 0) is 68.8 Å². The fourth-order valence-corrected chi connectivity index (χ4v) is 3.55. The van der Waals surface area contributed by atoms with Gasteiger partial charge < -0.3 is 14.2 Å². The molecule has 168 valence electrons. The fraction of sp³-hybridized carbons (Fsp3) is 0.292. The Balaban J connectivity index is 1.96. The molecule has 0 aliphatic carbocycles. The molecule has 1 aromatic heterocycles. The van der Waals surface area contributed by atoms with Gasteiger partial charge in [-0.2, -0.15) is 0 Å². The second-order valence-electron chi connectivity index (χ2n) is 7.47. The average Bonchev–Trinajstić information content (AvgIpc) is 3.02. The lowest BCUT2D eigenvalue weighted by molar-refractivity contribution is -0.160. The number of aromatic nitrogens is 1. The molecule has 3 rings (SSSR count). The van der Waals surface area contributed by atoms with Gasteiger partial charge in [-0.3, -0.25) is 14.2 Å². The Morgan fingerprint density at radius 3 is 2.34 bits per heavy atom. The molecule has 7 nitrogen and oxygen atoms in total. The van der Waals surface area contributed by atoms with Crippen molar-refractivity contribution in [1.82, 2.24) is 4.57 Å². The Kier molecular flexibility index (Phi) is 7.20. The zero-order valence-electron chi connectivity index (χ0n) is 18.3. The van der Waals surface area contributed by atoms with Crippen LogP contribution in [-0.4, -0.2) is 42.2 Å². The van der Waals surface area contributed by atoms with E-state index in [1.807, 2.05) is 0 Å². The third-order valence-electron chi connectivity index (χ3n) is 4.88. The summed E-state index contributed by atoms with van der Waals surface area (Å²) < 4.78 is 16.9. The summed E-state index contributed by atoms with van der Waals surface area (Å²) >= 11 is 5.95. The Labute approximate surface area is 190 Å². The summed E-state index contributed by atoms with van der Waals surface area (Å²) in [6, 6.07) is 11.9. The summed E-state index contributed by atoms with van der Waals surface area (Å²) in [4.78, 5) is 37.4. The van der Waals surface area contributed by atoms with E-state index in [4.69, 9.17) is 25.8 Å². The number of rotatable bonds is 7. The van der Waals surface area contributed by atoms with E-state index in [1.165, 1.54) is 7.11 Å². The second kappa shape index (κ2) is 9.87. The number of esters is 2. The molecule has 1 heterocycles. The first-order valence-electron chi connectivity index (χ1n) is 10.0. The van der Waals surface area contributed by atoms with E-state index < -0.39 is 18.5 Å². The van der Waals surface area contributed by atoms with E-state index in [0.29, 0.717) is 38.5 Å². The van der Waals surface area contributed by atoms with Crippen LogP contribution in [0.1, 0.15) is 35.5 Å². The Morgan fingerprint density at radius 1 is 1.03 bits per heavy atom. The van der Waals surface area contributed by atoms with E-state index in [0.717, 1.165) is 0 Å². The molecular formula is C24H24ClNO6. The lowest BCUT2D eigenvalue weighted by Crippen LogP contribution is -2.20. The van der Waals surface area contributed by atoms with Crippen molar-refractivity contribution in [3.05, 3.63) is 64.3 Å². The molecule has 2 aromatic carbocycles. The number of hydrogen-bond donors (Lipinski definition) is 0. The minimum absolute atomic E-state index is 0.120. The quantitative estimate of drug-likeness (QED) is 0.491. The number of halogens is 1. The molecule has 0 atom stereocenters. The third kappa shape index (κ3) is 5.11. The number of nitrogens with zero attached hydrogens (tertiary/aromatic N) is 1. The maximum atomic E-state index is 13.3. The molecule has 0 bridgehead atoms. The molecule has 0 aliphatic heterocycles. The summed E-state index contributed by atoms with van der Waals surface area (Å²) in [6.45, 7) is 4.71. The highest BCUT2D eigenvalue weighted by Crippen LogP contribution is 2.31. The van der Waals surface area contributed by atoms with Crippen LogP contribution in [-0.2, 0) is 25.5 Å². The number of benzene rings is 2. The maximum Gasteiger partial charge on any atom is 0.344 e. The predicted molar refractivity (Wildman–Crippen MR) is 120 cm³/mol. The first-order chi connectivity index (χ1) is 15.2. The van der Waals surface area contributed by atoms with Crippen molar-refractivity contribution in [1.29, 1.82) is 0 Å². The number of ether oxygens (including phenoxy) is 3. The third-order valence-corrected chi connectivity index (χ3v) is 5.13. The number of carbonyl (C=O) groups excluding carboxylic acids is 3. The topological polar surface area (TPSA) is 83.8 Å². The van der Waals surface area contributed by atoms with Crippen LogP contribution in [0.15, 0.2) is 42.5 Å². The SMILES string of the molecule is COc1ccc2c(c1)c(CC(=O)OCC(=O)OC(C)C)c(C)n2C(=O)c1ccc(Cl)cc1. The maximum absolute atomic E-state index is 13.3. The number of methoxy groups -OCH3 is 1. The standard InChI is InChI=1S/C24H24ClNO6/c1-14(2)32-23(28)13-31-22(27)12-19-15(3)26(21-10-9-18(30-4)11-20(19)21)24(29)16-5-7-17(25)8-6-16/h5-11,14H,12-13H2,1-4H3. The largest absolute Gasteiger partial charge is 0.497 e. The first kappa shape index (κ1) is 23.3. The minimum atomic E-state index is -0.618. The normalized spacial score (nSPS) is 10.9. The molecule has 0 unspecified atom stereocenters. The summed E-state index contributed by atoms with van der Waals surface area (Å²) in [7, 11) is 1.54. The van der Waals surface area contributed by atoms with Gasteiger partial charge in [-0.1, -0.05) is 11.6 Å². The molecule has 0 spiro atoms. The Hall–Kier alpha value is -3.32. The van der Waals surface area contributed by atoms with Gasteiger partial charge in [-0.15, -0.1) is 0 Å². The molecule has 0 saturated carbocycles. The molecule has 32 heavy (non-hydrogen) atoms. The van der Waals surface area contributed by atoms with Gasteiger partial charge in [0.15, 0.2) is 6.61 Å². The summed E-state index contributed by atoms with van der Waals surface area (Å²) in [6.07, 6.45) is -0.418. The van der Waals surface area contributed by atoms with Crippen molar-refractivity contribution in [3.8, 4) is 5.75 Å². The monoisotopic (exact) mass is 457 g/mol. The zero-order valence-corrected chi connectivity index (χ0v) is 19.1. The molecule has 0 saturated heterocycles. The lowest BCUT2D eigenvalue weighted by Gasteiger charge is -2.09. The second-order valence-corrected chi connectivity index (χ2v) is 7.91. The highest BCUT2D eigenvalue weighted by Gasteiger charge is 2.23. The lowest BCUT2D eigenvalue weighted by atomic mass is 10.1. The summed E-state index contributed by atoms with van der Waals surface area (Å²) in [5.41, 5.74) is 2.29. The van der Waals surface area contributed by atoms with Gasteiger partial charge in [0.05, 0.1) is 25.2 Å². The molecule has 0 aliphatic rings. The van der Waals surface area contributed by atoms with Gasteiger partial charge >= 0.3 is 11.9 Å². The molecule has 0 fully saturated rings. The van der Waals surface area contributed by atoms with Gasteiger partial charge in [0.25, 0.3) is 5.91 Å². The van der Waals surface area contributed by atoms with E-state index in [2.05, 4.69) is 0 Å². The van der Waals surface area contributed by atoms with Crippen LogP contribution in [0.3, 0.4) is 0 Å². The van der Waals surface area contributed by atoms with Gasteiger partial charge in [-0.25, -0.2) is 4.79 Å². The van der Waals surface area contributed by atoms with Crippen molar-refractivity contribution in [2.24, 2.45) is 0 Å². The molecule has 0 amide bonds.